The fraction of sp³-hybridized carbons (Fsp3) is 0.304. The van der Waals surface area contributed by atoms with Gasteiger partial charge in [-0.05, 0) is 36.2 Å². The number of hydrogen-bond donors (Lipinski definition) is 2. The molecule has 0 aliphatic rings. The molecule has 11 heteroatoms. The fourth-order valence-electron chi connectivity index (χ4n) is 3.17. The number of alkyl halides is 3. The first-order valence-electron chi connectivity index (χ1n) is 10.4. The van der Waals surface area contributed by atoms with Crippen molar-refractivity contribution in [3.63, 3.8) is 0 Å². The second-order valence-electron chi connectivity index (χ2n) is 7.88. The molecule has 3 rings (SSSR count). The maximum atomic E-state index is 12.9. The Bertz CT molecular complexity index is 1150. The molecular formula is C23H24F3N5O2S. The predicted molar refractivity (Wildman–Crippen MR) is 123 cm³/mol. The highest BCUT2D eigenvalue weighted by molar-refractivity contribution is 7.99. The summed E-state index contributed by atoms with van der Waals surface area (Å²) in [6.07, 6.45) is -4.49. The highest BCUT2D eigenvalue weighted by Crippen LogP contribution is 2.31. The quantitative estimate of drug-likeness (QED) is 0.446. The van der Waals surface area contributed by atoms with E-state index in [-0.39, 0.29) is 23.3 Å². The van der Waals surface area contributed by atoms with Crippen molar-refractivity contribution in [2.24, 2.45) is 13.0 Å². The zero-order valence-corrected chi connectivity index (χ0v) is 19.6. The van der Waals surface area contributed by atoms with Crippen LogP contribution < -0.4 is 10.6 Å². The van der Waals surface area contributed by atoms with E-state index in [2.05, 4.69) is 20.8 Å². The molecule has 2 N–H and O–H groups in total. The van der Waals surface area contributed by atoms with Gasteiger partial charge in [-0.15, -0.1) is 10.2 Å². The van der Waals surface area contributed by atoms with Crippen molar-refractivity contribution < 1.29 is 22.8 Å². The molecule has 34 heavy (non-hydrogen) atoms. The Morgan fingerprint density at radius 2 is 1.76 bits per heavy atom. The minimum atomic E-state index is -4.49. The summed E-state index contributed by atoms with van der Waals surface area (Å²) in [7, 11) is 1.73. The molecule has 0 saturated heterocycles. The summed E-state index contributed by atoms with van der Waals surface area (Å²) in [6, 6.07) is 12.8. The molecule has 2 amide bonds. The first-order valence-corrected chi connectivity index (χ1v) is 11.4. The van der Waals surface area contributed by atoms with Gasteiger partial charge in [0.15, 0.2) is 11.0 Å². The highest BCUT2D eigenvalue weighted by Gasteiger charge is 2.30. The number of carbonyl (C=O) groups excluding carboxylic acids is 2. The largest absolute Gasteiger partial charge is 0.416 e. The number of hydrogen-bond acceptors (Lipinski definition) is 5. The molecule has 3 aromatic rings. The first kappa shape index (κ1) is 25.3. The van der Waals surface area contributed by atoms with Gasteiger partial charge < -0.3 is 15.2 Å². The van der Waals surface area contributed by atoms with Gasteiger partial charge >= 0.3 is 6.18 Å². The van der Waals surface area contributed by atoms with Crippen LogP contribution in [0.15, 0.2) is 59.8 Å². The summed E-state index contributed by atoms with van der Waals surface area (Å²) in [4.78, 5) is 24.9. The molecule has 2 aromatic carbocycles. The SMILES string of the molecule is CC(C)[C@@H](NC(=O)c1ccccc1)c1nnc(SCC(=O)Nc2cccc(C(F)(F)F)c2)n1C. The maximum absolute atomic E-state index is 12.9. The van der Waals surface area contributed by atoms with Crippen LogP contribution in [0, 0.1) is 5.92 Å². The van der Waals surface area contributed by atoms with E-state index >= 15 is 0 Å². The highest BCUT2D eigenvalue weighted by atomic mass is 32.2. The van der Waals surface area contributed by atoms with Gasteiger partial charge in [0.05, 0.1) is 17.4 Å². The lowest BCUT2D eigenvalue weighted by atomic mass is 10.0. The molecule has 0 unspecified atom stereocenters. The number of aromatic nitrogens is 3. The molecule has 0 bridgehead atoms. The minimum Gasteiger partial charge on any atom is -0.342 e. The lowest BCUT2D eigenvalue weighted by Crippen LogP contribution is -2.33. The van der Waals surface area contributed by atoms with Crippen molar-refractivity contribution in [3.05, 3.63) is 71.5 Å². The Balaban J connectivity index is 1.65. The standard InChI is InChI=1S/C23H24F3N5O2S/c1-14(2)19(28-21(33)15-8-5-4-6-9-15)20-29-30-22(31(20)3)34-13-18(32)27-17-11-7-10-16(12-17)23(24,25)26/h4-12,14,19H,13H2,1-3H3,(H,27,32)(H,28,33)/t19-/m1/s1. The van der Waals surface area contributed by atoms with Crippen LogP contribution >= 0.6 is 11.8 Å². The van der Waals surface area contributed by atoms with E-state index in [1.807, 2.05) is 19.9 Å². The van der Waals surface area contributed by atoms with Gasteiger partial charge in [0, 0.05) is 18.3 Å². The summed E-state index contributed by atoms with van der Waals surface area (Å²) < 4.78 is 40.3. The third kappa shape index (κ3) is 6.37. The average Bonchev–Trinajstić information content (AvgIpc) is 3.15. The lowest BCUT2D eigenvalue weighted by molar-refractivity contribution is -0.137. The van der Waals surface area contributed by atoms with Gasteiger partial charge in [0.25, 0.3) is 5.91 Å². The fourth-order valence-corrected chi connectivity index (χ4v) is 3.88. The zero-order valence-electron chi connectivity index (χ0n) is 18.8. The monoisotopic (exact) mass is 491 g/mol. The van der Waals surface area contributed by atoms with E-state index in [1.54, 1.807) is 35.9 Å². The molecule has 0 aliphatic heterocycles. The van der Waals surface area contributed by atoms with E-state index in [4.69, 9.17) is 0 Å². The number of anilines is 1. The summed E-state index contributed by atoms with van der Waals surface area (Å²) in [5, 5.41) is 14.2. The average molecular weight is 492 g/mol. The van der Waals surface area contributed by atoms with Crippen LogP contribution in [0.2, 0.25) is 0 Å². The molecule has 0 aliphatic carbocycles. The second kappa shape index (κ2) is 10.7. The van der Waals surface area contributed by atoms with Gasteiger partial charge in [0.2, 0.25) is 5.91 Å². The normalized spacial score (nSPS) is 12.4. The number of rotatable bonds is 8. The third-order valence-corrected chi connectivity index (χ3v) is 5.96. The Labute approximate surface area is 199 Å². The summed E-state index contributed by atoms with van der Waals surface area (Å²) in [5.41, 5.74) is -0.257. The number of carbonyl (C=O) groups is 2. The van der Waals surface area contributed by atoms with Crippen LogP contribution in [0.3, 0.4) is 0 Å². The van der Waals surface area contributed by atoms with Crippen molar-refractivity contribution in [2.75, 3.05) is 11.1 Å². The van der Waals surface area contributed by atoms with Crippen LogP contribution in [0.5, 0.6) is 0 Å². The van der Waals surface area contributed by atoms with E-state index in [0.717, 1.165) is 23.9 Å². The molecular weight excluding hydrogens is 467 g/mol. The molecule has 1 atom stereocenters. The molecule has 1 heterocycles. The van der Waals surface area contributed by atoms with Gasteiger partial charge in [-0.3, -0.25) is 9.59 Å². The van der Waals surface area contributed by atoms with Crippen molar-refractivity contribution >= 4 is 29.3 Å². The van der Waals surface area contributed by atoms with Crippen LogP contribution in [-0.2, 0) is 18.0 Å². The Morgan fingerprint density at radius 3 is 2.41 bits per heavy atom. The van der Waals surface area contributed by atoms with Crippen molar-refractivity contribution in [2.45, 2.75) is 31.2 Å². The Kier molecular flexibility index (Phi) is 7.98. The number of halogens is 3. The van der Waals surface area contributed by atoms with Crippen LogP contribution in [0.4, 0.5) is 18.9 Å². The number of nitrogens with one attached hydrogen (secondary N) is 2. The third-order valence-electron chi connectivity index (χ3n) is 4.94. The number of thioether (sulfide) groups is 1. The number of amides is 2. The molecule has 7 nitrogen and oxygen atoms in total. The minimum absolute atomic E-state index is 0.0117. The van der Waals surface area contributed by atoms with E-state index in [9.17, 15) is 22.8 Å². The summed E-state index contributed by atoms with van der Waals surface area (Å²) >= 11 is 1.09. The van der Waals surface area contributed by atoms with Crippen molar-refractivity contribution in [1.82, 2.24) is 20.1 Å². The second-order valence-corrected chi connectivity index (χ2v) is 8.82. The van der Waals surface area contributed by atoms with Crippen LogP contribution in [0.25, 0.3) is 0 Å². The molecule has 180 valence electrons. The van der Waals surface area contributed by atoms with Gasteiger partial charge in [-0.2, -0.15) is 13.2 Å². The summed E-state index contributed by atoms with van der Waals surface area (Å²) in [5.74, 6) is -0.258. The lowest BCUT2D eigenvalue weighted by Gasteiger charge is -2.21. The predicted octanol–water partition coefficient (Wildman–Crippen LogP) is 4.69. The number of benzene rings is 2. The molecule has 0 radical (unpaired) electrons. The molecule has 0 spiro atoms. The van der Waals surface area contributed by atoms with Gasteiger partial charge in [0.1, 0.15) is 0 Å². The van der Waals surface area contributed by atoms with E-state index in [1.165, 1.54) is 12.1 Å². The van der Waals surface area contributed by atoms with Crippen LogP contribution in [0.1, 0.15) is 41.6 Å². The van der Waals surface area contributed by atoms with E-state index < -0.39 is 23.7 Å². The Hall–Kier alpha value is -3.34. The Morgan fingerprint density at radius 1 is 1.06 bits per heavy atom. The van der Waals surface area contributed by atoms with Crippen molar-refractivity contribution in [3.8, 4) is 0 Å². The van der Waals surface area contributed by atoms with Gasteiger partial charge in [-0.1, -0.05) is 49.9 Å². The smallest absolute Gasteiger partial charge is 0.342 e. The van der Waals surface area contributed by atoms with E-state index in [0.29, 0.717) is 16.5 Å². The molecule has 0 fully saturated rings. The zero-order chi connectivity index (χ0) is 24.9. The topological polar surface area (TPSA) is 88.9 Å². The summed E-state index contributed by atoms with van der Waals surface area (Å²) in [6.45, 7) is 3.89. The number of nitrogens with zero attached hydrogens (tertiary/aromatic N) is 3. The van der Waals surface area contributed by atoms with Gasteiger partial charge in [-0.25, -0.2) is 0 Å². The first-order chi connectivity index (χ1) is 16.1. The molecule has 1 aromatic heterocycles. The van der Waals surface area contributed by atoms with Crippen LogP contribution in [-0.4, -0.2) is 32.3 Å². The maximum Gasteiger partial charge on any atom is 0.416 e. The molecule has 0 saturated carbocycles. The van der Waals surface area contributed by atoms with Crippen molar-refractivity contribution in [1.29, 1.82) is 0 Å².